The molecule has 0 bridgehead atoms. The lowest BCUT2D eigenvalue weighted by molar-refractivity contribution is 0.00578. The van der Waals surface area contributed by atoms with Crippen molar-refractivity contribution in [3.8, 4) is 11.1 Å². The molecule has 1 aliphatic heterocycles. The molecule has 1 heterocycles. The number of rotatable bonds is 3. The van der Waals surface area contributed by atoms with E-state index in [9.17, 15) is 9.18 Å². The van der Waals surface area contributed by atoms with Gasteiger partial charge in [-0.3, -0.25) is 0 Å². The highest BCUT2D eigenvalue weighted by Crippen LogP contribution is 2.36. The first kappa shape index (κ1) is 24.2. The number of halogens is 2. The predicted molar refractivity (Wildman–Crippen MR) is 129 cm³/mol. The van der Waals surface area contributed by atoms with E-state index in [0.29, 0.717) is 9.94 Å². The molecule has 1 fully saturated rings. The van der Waals surface area contributed by atoms with Crippen molar-refractivity contribution in [2.45, 2.75) is 38.9 Å². The van der Waals surface area contributed by atoms with Gasteiger partial charge in [0.1, 0.15) is 5.82 Å². The third kappa shape index (κ3) is 5.65. The molecule has 166 valence electrons. The zero-order valence-electron chi connectivity index (χ0n) is 18.4. The Morgan fingerprint density at radius 1 is 0.875 bits per heavy atom. The number of hydrogen-bond donors (Lipinski definition) is 1. The minimum atomic E-state index is -0.973. The Hall–Kier alpha value is -2.48. The average Bonchev–Trinajstić information content (AvgIpc) is 2.96. The molecule has 1 aliphatic rings. The van der Waals surface area contributed by atoms with E-state index in [1.54, 1.807) is 24.3 Å². The summed E-state index contributed by atoms with van der Waals surface area (Å²) in [5.41, 5.74) is 2.18. The lowest BCUT2D eigenvalue weighted by Gasteiger charge is -2.32. The number of benzene rings is 3. The van der Waals surface area contributed by atoms with Crippen LogP contribution in [0.5, 0.6) is 0 Å². The van der Waals surface area contributed by atoms with Gasteiger partial charge in [0.25, 0.3) is 0 Å². The van der Waals surface area contributed by atoms with Gasteiger partial charge >= 0.3 is 13.1 Å². The van der Waals surface area contributed by atoms with Crippen LogP contribution in [-0.2, 0) is 9.31 Å². The van der Waals surface area contributed by atoms with E-state index in [1.807, 2.05) is 64.1 Å². The average molecular weight is 499 g/mol. The molecule has 3 aromatic rings. The molecule has 1 saturated heterocycles. The number of carbonyl (C=O) groups is 1. The van der Waals surface area contributed by atoms with Crippen molar-refractivity contribution < 1.29 is 23.6 Å². The summed E-state index contributed by atoms with van der Waals surface area (Å²) in [7, 11) is -0.555. The van der Waals surface area contributed by atoms with Crippen LogP contribution in [-0.4, -0.2) is 29.4 Å². The molecule has 0 spiro atoms. The Balaban J connectivity index is 0.000000193. The number of aromatic carboxylic acids is 1. The van der Waals surface area contributed by atoms with Crippen molar-refractivity contribution in [1.29, 1.82) is 0 Å². The van der Waals surface area contributed by atoms with Gasteiger partial charge in [-0.1, -0.05) is 58.4 Å². The highest BCUT2D eigenvalue weighted by Gasteiger charge is 2.51. The van der Waals surface area contributed by atoms with Crippen LogP contribution < -0.4 is 5.46 Å². The molecule has 7 heteroatoms. The zero-order chi connectivity index (χ0) is 23.5. The second kappa shape index (κ2) is 9.57. The molecular formula is C25H25BBrFO4. The van der Waals surface area contributed by atoms with Crippen LogP contribution >= 0.6 is 15.9 Å². The molecule has 4 rings (SSSR count). The van der Waals surface area contributed by atoms with Gasteiger partial charge in [0.05, 0.1) is 16.8 Å². The van der Waals surface area contributed by atoms with E-state index in [0.717, 1.165) is 11.1 Å². The van der Waals surface area contributed by atoms with E-state index < -0.39 is 24.3 Å². The third-order valence-corrected chi connectivity index (χ3v) is 6.10. The molecule has 0 amide bonds. The molecule has 4 nitrogen and oxygen atoms in total. The molecule has 0 saturated carbocycles. The summed E-state index contributed by atoms with van der Waals surface area (Å²) in [4.78, 5) is 11.1. The van der Waals surface area contributed by atoms with Crippen molar-refractivity contribution in [1.82, 2.24) is 0 Å². The summed E-state index contributed by atoms with van der Waals surface area (Å²) in [6.45, 7) is 7.85. The van der Waals surface area contributed by atoms with E-state index in [1.165, 1.54) is 12.1 Å². The Morgan fingerprint density at radius 2 is 1.41 bits per heavy atom. The van der Waals surface area contributed by atoms with Gasteiger partial charge in [-0.05, 0) is 74.6 Å². The fraction of sp³-hybridized carbons (Fsp3) is 0.240. The Morgan fingerprint density at radius 3 is 1.94 bits per heavy atom. The molecule has 0 unspecified atom stereocenters. The van der Waals surface area contributed by atoms with Crippen LogP contribution in [0.1, 0.15) is 38.1 Å². The molecule has 0 aromatic heterocycles. The minimum absolute atomic E-state index is 0.195. The van der Waals surface area contributed by atoms with Gasteiger partial charge in [0, 0.05) is 4.47 Å². The Labute approximate surface area is 196 Å². The molecule has 3 aromatic carbocycles. The van der Waals surface area contributed by atoms with E-state index >= 15 is 0 Å². The topological polar surface area (TPSA) is 55.8 Å². The van der Waals surface area contributed by atoms with Crippen LogP contribution in [0.15, 0.2) is 77.3 Å². The van der Waals surface area contributed by atoms with E-state index in [4.69, 9.17) is 14.4 Å². The van der Waals surface area contributed by atoms with Crippen LogP contribution in [0.2, 0.25) is 0 Å². The van der Waals surface area contributed by atoms with Gasteiger partial charge < -0.3 is 14.4 Å². The second-order valence-electron chi connectivity index (χ2n) is 8.54. The largest absolute Gasteiger partial charge is 0.494 e. The standard InChI is InChI=1S/C13H16BBrO4.C12H9F/c1-12(2)13(3,4)19-14(18-12)9-5-8(11(16)17)6-10(15)7-9;13-12-8-6-11(7-9-12)10-4-2-1-3-5-10/h5-7H,1-4H3,(H,16,17);1-9H. The number of hydrogen-bond acceptors (Lipinski definition) is 3. The fourth-order valence-corrected chi connectivity index (χ4v) is 3.63. The lowest BCUT2D eigenvalue weighted by atomic mass is 9.78. The van der Waals surface area contributed by atoms with Crippen LogP contribution in [0.3, 0.4) is 0 Å². The van der Waals surface area contributed by atoms with Crippen molar-refractivity contribution in [3.05, 3.63) is 88.6 Å². The highest BCUT2D eigenvalue weighted by atomic mass is 79.9. The lowest BCUT2D eigenvalue weighted by Crippen LogP contribution is -2.41. The van der Waals surface area contributed by atoms with Crippen molar-refractivity contribution in [2.75, 3.05) is 0 Å². The maximum absolute atomic E-state index is 12.6. The van der Waals surface area contributed by atoms with Crippen LogP contribution in [0.4, 0.5) is 4.39 Å². The maximum Gasteiger partial charge on any atom is 0.494 e. The zero-order valence-corrected chi connectivity index (χ0v) is 20.0. The van der Waals surface area contributed by atoms with Gasteiger partial charge in [-0.2, -0.15) is 0 Å². The monoisotopic (exact) mass is 498 g/mol. The van der Waals surface area contributed by atoms with Crippen LogP contribution in [0.25, 0.3) is 11.1 Å². The van der Waals surface area contributed by atoms with Gasteiger partial charge in [0.2, 0.25) is 0 Å². The summed E-state index contributed by atoms with van der Waals surface area (Å²) in [5.74, 6) is -1.17. The van der Waals surface area contributed by atoms with Gasteiger partial charge in [-0.15, -0.1) is 0 Å². The summed E-state index contributed by atoms with van der Waals surface area (Å²) < 4.78 is 25.1. The number of carboxylic acid groups (broad SMARTS) is 1. The maximum atomic E-state index is 12.6. The molecule has 1 N–H and O–H groups in total. The highest BCUT2D eigenvalue weighted by molar-refractivity contribution is 9.10. The molecular weight excluding hydrogens is 474 g/mol. The molecule has 0 radical (unpaired) electrons. The Kier molecular flexibility index (Phi) is 7.23. The first-order valence-electron chi connectivity index (χ1n) is 10.2. The third-order valence-electron chi connectivity index (χ3n) is 5.64. The van der Waals surface area contributed by atoms with Crippen LogP contribution in [0, 0.1) is 5.82 Å². The van der Waals surface area contributed by atoms with Crippen molar-refractivity contribution in [2.24, 2.45) is 0 Å². The Bertz CT molecular complexity index is 1070. The van der Waals surface area contributed by atoms with E-state index in [-0.39, 0.29) is 11.4 Å². The quantitative estimate of drug-likeness (QED) is 0.454. The SMILES string of the molecule is CC1(C)OB(c2cc(Br)cc(C(=O)O)c2)OC1(C)C.Fc1ccc(-c2ccccc2)cc1. The first-order chi connectivity index (χ1) is 15.0. The van der Waals surface area contributed by atoms with Gasteiger partial charge in [-0.25, -0.2) is 9.18 Å². The predicted octanol–water partition coefficient (Wildman–Crippen LogP) is 5.94. The smallest absolute Gasteiger partial charge is 0.478 e. The first-order valence-corrected chi connectivity index (χ1v) is 11.0. The van der Waals surface area contributed by atoms with Crippen molar-refractivity contribution >= 4 is 34.5 Å². The summed E-state index contributed by atoms with van der Waals surface area (Å²) >= 11 is 3.31. The second-order valence-corrected chi connectivity index (χ2v) is 9.46. The van der Waals surface area contributed by atoms with E-state index in [2.05, 4.69) is 15.9 Å². The summed E-state index contributed by atoms with van der Waals surface area (Å²) in [6, 6.07) is 21.4. The minimum Gasteiger partial charge on any atom is -0.478 e. The summed E-state index contributed by atoms with van der Waals surface area (Å²) in [5, 5.41) is 9.08. The molecule has 0 aliphatic carbocycles. The molecule has 32 heavy (non-hydrogen) atoms. The normalized spacial score (nSPS) is 16.2. The fourth-order valence-electron chi connectivity index (χ4n) is 3.12. The van der Waals surface area contributed by atoms with Crippen molar-refractivity contribution in [3.63, 3.8) is 0 Å². The molecule has 0 atom stereocenters. The number of carboxylic acids is 1. The van der Waals surface area contributed by atoms with Gasteiger partial charge in [0.15, 0.2) is 0 Å². The summed E-state index contributed by atoms with van der Waals surface area (Å²) in [6.07, 6.45) is 0.